The Balaban J connectivity index is 1.79. The third kappa shape index (κ3) is 3.18. The minimum atomic E-state index is 0.00451. The summed E-state index contributed by atoms with van der Waals surface area (Å²) in [5.41, 5.74) is 4.10. The molecule has 124 valence electrons. The predicted molar refractivity (Wildman–Crippen MR) is 94.7 cm³/mol. The van der Waals surface area contributed by atoms with Crippen LogP contribution in [0.2, 0.25) is 0 Å². The second-order valence-corrected chi connectivity index (χ2v) is 6.08. The Bertz CT molecular complexity index is 839. The normalized spacial score (nSPS) is 12.3. The van der Waals surface area contributed by atoms with Crippen LogP contribution >= 0.6 is 0 Å². The Hall–Kier alpha value is -2.62. The highest BCUT2D eigenvalue weighted by Crippen LogP contribution is 2.25. The van der Waals surface area contributed by atoms with Crippen LogP contribution in [-0.4, -0.2) is 22.8 Å². The van der Waals surface area contributed by atoms with Crippen LogP contribution in [-0.2, 0) is 17.6 Å². The van der Waals surface area contributed by atoms with Gasteiger partial charge in [0, 0.05) is 30.4 Å². The number of fused-ring (bicyclic) bond motifs is 1. The Morgan fingerprint density at radius 3 is 2.71 bits per heavy atom. The molecular weight excluding hydrogens is 300 g/mol. The van der Waals surface area contributed by atoms with Gasteiger partial charge in [0.15, 0.2) is 0 Å². The first-order valence-electron chi connectivity index (χ1n) is 8.24. The van der Waals surface area contributed by atoms with Crippen molar-refractivity contribution in [1.82, 2.24) is 9.88 Å². The van der Waals surface area contributed by atoms with E-state index in [1.165, 1.54) is 5.56 Å². The number of furan rings is 1. The molecule has 0 N–H and O–H groups in total. The van der Waals surface area contributed by atoms with Crippen LogP contribution in [0.3, 0.4) is 0 Å². The first-order valence-corrected chi connectivity index (χ1v) is 8.24. The van der Waals surface area contributed by atoms with Gasteiger partial charge < -0.3 is 9.32 Å². The van der Waals surface area contributed by atoms with Gasteiger partial charge in [-0.1, -0.05) is 13.0 Å². The molecule has 0 aliphatic carbocycles. The summed E-state index contributed by atoms with van der Waals surface area (Å²) in [6.45, 7) is 4.14. The van der Waals surface area contributed by atoms with Crippen molar-refractivity contribution in [3.8, 4) is 0 Å². The van der Waals surface area contributed by atoms with Gasteiger partial charge in [-0.2, -0.15) is 0 Å². The van der Waals surface area contributed by atoms with Crippen LogP contribution in [0.25, 0.3) is 11.0 Å². The topological polar surface area (TPSA) is 46.3 Å². The number of aromatic nitrogens is 1. The molecule has 3 rings (SSSR count). The molecule has 0 radical (unpaired) electrons. The van der Waals surface area contributed by atoms with Crippen LogP contribution in [0.1, 0.15) is 36.6 Å². The molecule has 3 aromatic rings. The van der Waals surface area contributed by atoms with Crippen molar-refractivity contribution in [2.24, 2.45) is 0 Å². The fourth-order valence-corrected chi connectivity index (χ4v) is 2.85. The summed E-state index contributed by atoms with van der Waals surface area (Å²) in [6.07, 6.45) is 6.51. The first-order chi connectivity index (χ1) is 11.6. The van der Waals surface area contributed by atoms with Gasteiger partial charge in [-0.3, -0.25) is 9.78 Å². The second-order valence-electron chi connectivity index (χ2n) is 6.08. The van der Waals surface area contributed by atoms with Crippen molar-refractivity contribution in [1.29, 1.82) is 0 Å². The maximum absolute atomic E-state index is 12.7. The molecule has 0 aliphatic rings. The molecule has 2 aromatic heterocycles. The lowest BCUT2D eigenvalue weighted by atomic mass is 10.0. The summed E-state index contributed by atoms with van der Waals surface area (Å²) < 4.78 is 5.60. The molecule has 0 saturated carbocycles. The standard InChI is InChI=1S/C20H22N2O2/c1-4-15-5-6-19-18(11-15)17(13-24-19)12-20(23)22(3)14(2)16-7-9-21-10-8-16/h5-11,13-14H,4,12H2,1-3H3/t14-/m0/s1. The van der Waals surface area contributed by atoms with Crippen molar-refractivity contribution < 1.29 is 9.21 Å². The van der Waals surface area contributed by atoms with Gasteiger partial charge in [0.2, 0.25) is 5.91 Å². The number of rotatable bonds is 5. The number of likely N-dealkylation sites (N-methyl/N-ethyl adjacent to an activating group) is 1. The van der Waals surface area contributed by atoms with E-state index in [0.29, 0.717) is 6.42 Å². The molecule has 1 amide bonds. The van der Waals surface area contributed by atoms with E-state index in [1.807, 2.05) is 32.2 Å². The maximum atomic E-state index is 12.7. The number of benzene rings is 1. The summed E-state index contributed by atoms with van der Waals surface area (Å²) in [6, 6.07) is 10.0. The Labute approximate surface area is 142 Å². The number of hydrogen-bond donors (Lipinski definition) is 0. The Morgan fingerprint density at radius 1 is 1.25 bits per heavy atom. The molecule has 0 saturated heterocycles. The molecule has 0 spiro atoms. The van der Waals surface area contributed by atoms with Gasteiger partial charge in [0.25, 0.3) is 0 Å². The molecule has 0 fully saturated rings. The third-order valence-corrected chi connectivity index (χ3v) is 4.63. The van der Waals surface area contributed by atoms with Crippen LogP contribution < -0.4 is 0 Å². The highest BCUT2D eigenvalue weighted by Gasteiger charge is 2.19. The fourth-order valence-electron chi connectivity index (χ4n) is 2.85. The van der Waals surface area contributed by atoms with Gasteiger partial charge in [-0.25, -0.2) is 0 Å². The Kier molecular flexibility index (Phi) is 4.65. The summed E-state index contributed by atoms with van der Waals surface area (Å²) in [5.74, 6) is 0.0731. The summed E-state index contributed by atoms with van der Waals surface area (Å²) in [7, 11) is 1.84. The number of carbonyl (C=O) groups is 1. The first kappa shape index (κ1) is 16.2. The van der Waals surface area contributed by atoms with Crippen LogP contribution in [0.15, 0.2) is 53.4 Å². The predicted octanol–water partition coefficient (Wildman–Crippen LogP) is 4.15. The van der Waals surface area contributed by atoms with Crippen molar-refractivity contribution in [2.75, 3.05) is 7.05 Å². The molecule has 24 heavy (non-hydrogen) atoms. The minimum Gasteiger partial charge on any atom is -0.464 e. The average Bonchev–Trinajstić information content (AvgIpc) is 3.03. The number of nitrogens with zero attached hydrogens (tertiary/aromatic N) is 2. The molecule has 1 aromatic carbocycles. The molecule has 4 nitrogen and oxygen atoms in total. The third-order valence-electron chi connectivity index (χ3n) is 4.63. The zero-order valence-corrected chi connectivity index (χ0v) is 14.3. The molecule has 1 atom stereocenters. The minimum absolute atomic E-state index is 0.00451. The van der Waals surface area contributed by atoms with Crippen LogP contribution in [0.4, 0.5) is 0 Å². The van der Waals surface area contributed by atoms with E-state index >= 15 is 0 Å². The maximum Gasteiger partial charge on any atom is 0.227 e. The monoisotopic (exact) mass is 322 g/mol. The summed E-state index contributed by atoms with van der Waals surface area (Å²) >= 11 is 0. The molecule has 0 aliphatic heterocycles. The van der Waals surface area contributed by atoms with Gasteiger partial charge in [0.1, 0.15) is 5.58 Å². The van der Waals surface area contributed by atoms with E-state index < -0.39 is 0 Å². The fraction of sp³-hybridized carbons (Fsp3) is 0.300. The number of amides is 1. The highest BCUT2D eigenvalue weighted by atomic mass is 16.3. The van der Waals surface area contributed by atoms with E-state index in [9.17, 15) is 4.79 Å². The SMILES string of the molecule is CCc1ccc2occ(CC(=O)N(C)[C@@H](C)c3ccncc3)c2c1. The Morgan fingerprint density at radius 2 is 2.00 bits per heavy atom. The number of carbonyl (C=O) groups excluding carboxylic acids is 1. The number of pyridine rings is 1. The smallest absolute Gasteiger partial charge is 0.227 e. The van der Waals surface area contributed by atoms with Crippen LogP contribution in [0.5, 0.6) is 0 Å². The van der Waals surface area contributed by atoms with E-state index in [-0.39, 0.29) is 11.9 Å². The molecule has 0 unspecified atom stereocenters. The largest absolute Gasteiger partial charge is 0.464 e. The summed E-state index contributed by atoms with van der Waals surface area (Å²) in [5, 5.41) is 1.03. The van der Waals surface area contributed by atoms with Gasteiger partial charge in [-0.05, 0) is 48.7 Å². The molecular formula is C20H22N2O2. The zero-order valence-electron chi connectivity index (χ0n) is 14.3. The van der Waals surface area contributed by atoms with Gasteiger partial charge in [0.05, 0.1) is 18.7 Å². The van der Waals surface area contributed by atoms with Crippen molar-refractivity contribution >= 4 is 16.9 Å². The van der Waals surface area contributed by atoms with Crippen molar-refractivity contribution in [3.63, 3.8) is 0 Å². The average molecular weight is 322 g/mol. The summed E-state index contributed by atoms with van der Waals surface area (Å²) in [4.78, 5) is 18.5. The van der Waals surface area contributed by atoms with E-state index in [4.69, 9.17) is 4.42 Å². The zero-order chi connectivity index (χ0) is 17.1. The second kappa shape index (κ2) is 6.87. The van der Waals surface area contributed by atoms with E-state index in [0.717, 1.165) is 28.5 Å². The van der Waals surface area contributed by atoms with Crippen molar-refractivity contribution in [2.45, 2.75) is 32.7 Å². The van der Waals surface area contributed by atoms with Gasteiger partial charge in [-0.15, -0.1) is 0 Å². The van der Waals surface area contributed by atoms with E-state index in [2.05, 4.69) is 24.0 Å². The van der Waals surface area contributed by atoms with Crippen LogP contribution in [0, 0.1) is 0 Å². The lowest BCUT2D eigenvalue weighted by Gasteiger charge is -2.25. The lowest BCUT2D eigenvalue weighted by Crippen LogP contribution is -2.30. The molecule has 2 heterocycles. The van der Waals surface area contributed by atoms with E-state index in [1.54, 1.807) is 23.6 Å². The van der Waals surface area contributed by atoms with Gasteiger partial charge >= 0.3 is 0 Å². The molecule has 0 bridgehead atoms. The number of hydrogen-bond acceptors (Lipinski definition) is 3. The molecule has 4 heteroatoms. The highest BCUT2D eigenvalue weighted by molar-refractivity contribution is 5.88. The lowest BCUT2D eigenvalue weighted by molar-refractivity contribution is -0.131. The number of aryl methyl sites for hydroxylation is 1. The van der Waals surface area contributed by atoms with Crippen molar-refractivity contribution in [3.05, 3.63) is 65.7 Å². The quantitative estimate of drug-likeness (QED) is 0.709.